The van der Waals surface area contributed by atoms with Gasteiger partial charge in [-0.3, -0.25) is 9.59 Å². The quantitative estimate of drug-likeness (QED) is 0.486. The first-order valence-corrected chi connectivity index (χ1v) is 9.32. The molecule has 0 atom stereocenters. The van der Waals surface area contributed by atoms with Crippen molar-refractivity contribution >= 4 is 69.0 Å². The van der Waals surface area contributed by atoms with Gasteiger partial charge in [-0.1, -0.05) is 23.2 Å². The van der Waals surface area contributed by atoms with Gasteiger partial charge < -0.3 is 10.1 Å². The normalized spacial score (nSPS) is 14.3. The number of hydrogen-bond donors (Lipinski definition) is 1. The molecule has 0 bridgehead atoms. The van der Waals surface area contributed by atoms with Gasteiger partial charge in [0.2, 0.25) is 0 Å². The third kappa shape index (κ3) is 3.41. The Morgan fingerprint density at radius 3 is 2.35 bits per heavy atom. The third-order valence-electron chi connectivity index (χ3n) is 3.84. The molecule has 8 heteroatoms. The fraction of sp³-hybridized carbons (Fsp3) is 0.111. The number of aryl methyl sites for hydroxylation is 1. The molecule has 1 N–H and O–H groups in total. The minimum Gasteiger partial charge on any atom is -0.494 e. The van der Waals surface area contributed by atoms with Gasteiger partial charge in [0.1, 0.15) is 16.5 Å². The second-order valence-electron chi connectivity index (χ2n) is 5.54. The number of imide groups is 1. The van der Waals surface area contributed by atoms with Crippen LogP contribution < -0.4 is 15.0 Å². The van der Waals surface area contributed by atoms with E-state index in [9.17, 15) is 9.59 Å². The molecule has 1 heterocycles. The molecular weight excluding hydrogens is 490 g/mol. The van der Waals surface area contributed by atoms with Crippen LogP contribution in [0.4, 0.5) is 11.4 Å². The molecule has 2 aromatic carbocycles. The number of carbonyl (C=O) groups is 2. The summed E-state index contributed by atoms with van der Waals surface area (Å²) < 4.78 is 6.33. The van der Waals surface area contributed by atoms with Crippen LogP contribution in [0.15, 0.2) is 47.1 Å². The van der Waals surface area contributed by atoms with Gasteiger partial charge in [-0.05, 0) is 65.4 Å². The van der Waals surface area contributed by atoms with Gasteiger partial charge in [0, 0.05) is 20.3 Å². The van der Waals surface area contributed by atoms with Crippen LogP contribution in [0.5, 0.6) is 5.75 Å². The number of anilines is 2. The minimum absolute atomic E-state index is 0.0209. The molecular formula is C18H13Cl2IN2O3. The average molecular weight is 503 g/mol. The lowest BCUT2D eigenvalue weighted by Gasteiger charge is -2.19. The summed E-state index contributed by atoms with van der Waals surface area (Å²) in [7, 11) is 1.44. The van der Waals surface area contributed by atoms with Crippen LogP contribution in [0.2, 0.25) is 5.02 Å². The Balaban J connectivity index is 1.98. The lowest BCUT2D eigenvalue weighted by atomic mass is 10.2. The maximum Gasteiger partial charge on any atom is 0.283 e. The van der Waals surface area contributed by atoms with Crippen LogP contribution in [0, 0.1) is 10.5 Å². The molecule has 134 valence electrons. The Labute approximate surface area is 174 Å². The maximum absolute atomic E-state index is 12.9. The van der Waals surface area contributed by atoms with E-state index in [1.165, 1.54) is 7.11 Å². The van der Waals surface area contributed by atoms with Gasteiger partial charge in [-0.15, -0.1) is 0 Å². The fourth-order valence-corrected chi connectivity index (χ4v) is 3.22. The van der Waals surface area contributed by atoms with Crippen molar-refractivity contribution in [1.82, 2.24) is 0 Å². The van der Waals surface area contributed by atoms with Gasteiger partial charge >= 0.3 is 0 Å². The largest absolute Gasteiger partial charge is 0.494 e. The molecule has 0 fully saturated rings. The summed E-state index contributed by atoms with van der Waals surface area (Å²) >= 11 is 14.4. The van der Waals surface area contributed by atoms with E-state index in [0.717, 1.165) is 8.47 Å². The van der Waals surface area contributed by atoms with E-state index in [0.29, 0.717) is 27.7 Å². The first-order valence-electron chi connectivity index (χ1n) is 7.48. The smallest absolute Gasteiger partial charge is 0.283 e. The predicted molar refractivity (Wildman–Crippen MR) is 111 cm³/mol. The molecule has 5 nitrogen and oxygen atoms in total. The predicted octanol–water partition coefficient (Wildman–Crippen LogP) is 4.70. The molecule has 0 aliphatic carbocycles. The molecule has 0 saturated carbocycles. The van der Waals surface area contributed by atoms with Crippen molar-refractivity contribution in [3.05, 3.63) is 61.3 Å². The Hall–Kier alpha value is -1.77. The number of rotatable bonds is 4. The molecule has 26 heavy (non-hydrogen) atoms. The van der Waals surface area contributed by atoms with E-state index in [1.807, 2.05) is 12.1 Å². The molecule has 1 aliphatic heterocycles. The van der Waals surface area contributed by atoms with Crippen molar-refractivity contribution in [2.75, 3.05) is 17.3 Å². The molecule has 3 rings (SSSR count). The molecule has 2 amide bonds. The number of methoxy groups -OCH3 is 1. The van der Waals surface area contributed by atoms with Crippen LogP contribution in [0.1, 0.15) is 5.56 Å². The van der Waals surface area contributed by atoms with E-state index >= 15 is 0 Å². The van der Waals surface area contributed by atoms with E-state index < -0.39 is 11.8 Å². The maximum atomic E-state index is 12.9. The number of ether oxygens (including phenoxy) is 1. The summed E-state index contributed by atoms with van der Waals surface area (Å²) in [5.74, 6) is -0.870. The van der Waals surface area contributed by atoms with Crippen molar-refractivity contribution in [1.29, 1.82) is 0 Å². The summed E-state index contributed by atoms with van der Waals surface area (Å²) in [6, 6.07) is 10.5. The van der Waals surface area contributed by atoms with Gasteiger partial charge in [-0.2, -0.15) is 0 Å². The van der Waals surface area contributed by atoms with Crippen molar-refractivity contribution in [3.8, 4) is 5.75 Å². The van der Waals surface area contributed by atoms with Crippen molar-refractivity contribution < 1.29 is 14.3 Å². The number of hydrogen-bond acceptors (Lipinski definition) is 4. The summed E-state index contributed by atoms with van der Waals surface area (Å²) in [5, 5.41) is 3.22. The van der Waals surface area contributed by atoms with Gasteiger partial charge in [0.15, 0.2) is 0 Å². The lowest BCUT2D eigenvalue weighted by Crippen LogP contribution is -2.32. The van der Waals surface area contributed by atoms with Crippen LogP contribution in [0.25, 0.3) is 0 Å². The highest BCUT2D eigenvalue weighted by molar-refractivity contribution is 14.1. The molecule has 0 radical (unpaired) electrons. The zero-order valence-electron chi connectivity index (χ0n) is 13.8. The SMILES string of the molecule is COc1cc(Cl)c(C)cc1N1C(=O)C(Cl)=C(Nc2ccc(I)cc2)C1=O. The van der Waals surface area contributed by atoms with Crippen LogP contribution in [0.3, 0.4) is 0 Å². The first kappa shape index (κ1) is 19.0. The second-order valence-corrected chi connectivity index (χ2v) is 7.57. The van der Waals surface area contributed by atoms with Crippen LogP contribution >= 0.6 is 45.8 Å². The number of benzene rings is 2. The first-order chi connectivity index (χ1) is 12.3. The van der Waals surface area contributed by atoms with Gasteiger partial charge in [0.05, 0.1) is 12.8 Å². The summed E-state index contributed by atoms with van der Waals surface area (Å²) in [6.45, 7) is 1.77. The van der Waals surface area contributed by atoms with Gasteiger partial charge in [0.25, 0.3) is 11.8 Å². The average Bonchev–Trinajstić information content (AvgIpc) is 2.82. The lowest BCUT2D eigenvalue weighted by molar-refractivity contribution is -0.120. The zero-order valence-corrected chi connectivity index (χ0v) is 17.4. The number of nitrogens with zero attached hydrogens (tertiary/aromatic N) is 1. The Kier molecular flexibility index (Phi) is 5.45. The molecule has 0 aromatic heterocycles. The molecule has 1 aliphatic rings. The number of nitrogens with one attached hydrogen (secondary N) is 1. The van der Waals surface area contributed by atoms with Gasteiger partial charge in [-0.25, -0.2) is 4.90 Å². The van der Waals surface area contributed by atoms with E-state index in [4.69, 9.17) is 27.9 Å². The Morgan fingerprint density at radius 2 is 1.73 bits per heavy atom. The summed E-state index contributed by atoms with van der Waals surface area (Å²) in [4.78, 5) is 26.5. The van der Waals surface area contributed by atoms with E-state index in [2.05, 4.69) is 27.9 Å². The second kappa shape index (κ2) is 7.46. The minimum atomic E-state index is -0.621. The molecule has 0 saturated heterocycles. The Morgan fingerprint density at radius 1 is 1.08 bits per heavy atom. The van der Waals surface area contributed by atoms with E-state index in [-0.39, 0.29) is 10.7 Å². The third-order valence-corrected chi connectivity index (χ3v) is 5.32. The molecule has 0 unspecified atom stereocenters. The number of halogens is 3. The number of carbonyl (C=O) groups excluding carboxylic acids is 2. The standard InChI is InChI=1S/C18H13Cl2IN2O3/c1-9-7-13(14(26-2)8-12(9)19)23-17(24)15(20)16(18(23)25)22-11-5-3-10(21)4-6-11/h3-8,22H,1-2H3. The highest BCUT2D eigenvalue weighted by Gasteiger charge is 2.40. The monoisotopic (exact) mass is 502 g/mol. The molecule has 0 spiro atoms. The Bertz CT molecular complexity index is 942. The zero-order chi connectivity index (χ0) is 19.0. The molecule has 2 aromatic rings. The van der Waals surface area contributed by atoms with Crippen molar-refractivity contribution in [3.63, 3.8) is 0 Å². The summed E-state index contributed by atoms with van der Waals surface area (Å²) in [5.41, 5.74) is 1.67. The highest BCUT2D eigenvalue weighted by Crippen LogP contribution is 2.38. The van der Waals surface area contributed by atoms with Crippen LogP contribution in [-0.2, 0) is 9.59 Å². The summed E-state index contributed by atoms with van der Waals surface area (Å²) in [6.07, 6.45) is 0. The highest BCUT2D eigenvalue weighted by atomic mass is 127. The fourth-order valence-electron chi connectivity index (χ4n) is 2.49. The van der Waals surface area contributed by atoms with Crippen LogP contribution in [-0.4, -0.2) is 18.9 Å². The topological polar surface area (TPSA) is 58.6 Å². The van der Waals surface area contributed by atoms with Crippen molar-refractivity contribution in [2.24, 2.45) is 0 Å². The van der Waals surface area contributed by atoms with Crippen molar-refractivity contribution in [2.45, 2.75) is 6.92 Å². The number of amides is 2. The van der Waals surface area contributed by atoms with E-state index in [1.54, 1.807) is 31.2 Å².